The van der Waals surface area contributed by atoms with Crippen molar-refractivity contribution in [2.24, 2.45) is 0 Å². The maximum Gasteiger partial charge on any atom is 0.241 e. The van der Waals surface area contributed by atoms with Crippen molar-refractivity contribution in [3.05, 3.63) is 71.6 Å². The Kier molecular flexibility index (Phi) is 4.97. The van der Waals surface area contributed by atoms with Gasteiger partial charge in [0.1, 0.15) is 12.0 Å². The van der Waals surface area contributed by atoms with E-state index in [1.54, 1.807) is 24.4 Å². The van der Waals surface area contributed by atoms with Crippen LogP contribution in [0, 0.1) is 0 Å². The molecule has 9 heteroatoms. The smallest absolute Gasteiger partial charge is 0.241 e. The molecular weight excluding hydrogens is 420 g/mol. The van der Waals surface area contributed by atoms with Crippen LogP contribution in [0.3, 0.4) is 0 Å². The number of carbonyl (C=O) groups is 1. The summed E-state index contributed by atoms with van der Waals surface area (Å²) in [5.74, 6) is 1.03. The molecule has 5 rings (SSSR count). The molecule has 1 aliphatic rings. The zero-order valence-corrected chi connectivity index (χ0v) is 16.8. The van der Waals surface area contributed by atoms with Crippen molar-refractivity contribution < 1.29 is 18.8 Å². The van der Waals surface area contributed by atoms with Gasteiger partial charge in [0.25, 0.3) is 0 Å². The number of halogens is 1. The summed E-state index contributed by atoms with van der Waals surface area (Å²) in [6.45, 7) is 0.120. The third-order valence-electron chi connectivity index (χ3n) is 4.74. The van der Waals surface area contributed by atoms with Gasteiger partial charge in [0.15, 0.2) is 11.5 Å². The number of amides is 1. The number of nitrogens with one attached hydrogen (secondary N) is 1. The fourth-order valence-corrected chi connectivity index (χ4v) is 3.54. The van der Waals surface area contributed by atoms with E-state index < -0.39 is 0 Å². The lowest BCUT2D eigenvalue weighted by atomic mass is 10.0. The van der Waals surface area contributed by atoms with Gasteiger partial charge in [0.2, 0.25) is 18.6 Å². The monoisotopic (exact) mass is 434 g/mol. The van der Waals surface area contributed by atoms with Gasteiger partial charge in [-0.2, -0.15) is 0 Å². The quantitative estimate of drug-likeness (QED) is 0.498. The Bertz CT molecular complexity index is 1260. The van der Waals surface area contributed by atoms with E-state index in [1.807, 2.05) is 30.3 Å². The van der Waals surface area contributed by atoms with Crippen molar-refractivity contribution in [1.29, 1.82) is 0 Å². The number of ether oxygens (including phenoxy) is 2. The average molecular weight is 435 g/mol. The Labute approximate surface area is 181 Å². The summed E-state index contributed by atoms with van der Waals surface area (Å²) in [4.78, 5) is 21.0. The van der Waals surface area contributed by atoms with Crippen molar-refractivity contribution in [2.75, 3.05) is 12.1 Å². The molecule has 0 aliphatic carbocycles. The summed E-state index contributed by atoms with van der Waals surface area (Å²) in [6.07, 6.45) is 3.09. The van der Waals surface area contributed by atoms with Gasteiger partial charge in [-0.25, -0.2) is 9.97 Å². The van der Waals surface area contributed by atoms with Crippen molar-refractivity contribution in [3.63, 3.8) is 0 Å². The number of para-hydroxylation sites is 1. The first-order valence-electron chi connectivity index (χ1n) is 9.39. The molecule has 3 heterocycles. The van der Waals surface area contributed by atoms with E-state index in [9.17, 15) is 4.79 Å². The van der Waals surface area contributed by atoms with E-state index in [1.165, 1.54) is 6.33 Å². The number of hydrogen-bond acceptors (Lipinski definition) is 7. The summed E-state index contributed by atoms with van der Waals surface area (Å²) >= 11 is 6.18. The molecule has 4 aromatic rings. The molecule has 0 saturated carbocycles. The molecule has 0 fully saturated rings. The molecular formula is C22H15ClN4O4. The average Bonchev–Trinajstić information content (AvgIpc) is 3.43. The van der Waals surface area contributed by atoms with E-state index in [-0.39, 0.29) is 25.0 Å². The first-order chi connectivity index (χ1) is 15.2. The highest BCUT2D eigenvalue weighted by molar-refractivity contribution is 6.31. The van der Waals surface area contributed by atoms with Gasteiger partial charge < -0.3 is 14.0 Å². The van der Waals surface area contributed by atoms with E-state index in [2.05, 4.69) is 20.4 Å². The molecule has 0 saturated heterocycles. The molecule has 1 aliphatic heterocycles. The molecule has 1 N–H and O–H groups in total. The maximum atomic E-state index is 12.7. The van der Waals surface area contributed by atoms with Crippen molar-refractivity contribution in [2.45, 2.75) is 6.42 Å². The van der Waals surface area contributed by atoms with E-state index in [4.69, 9.17) is 25.6 Å². The minimum Gasteiger partial charge on any atom is -0.454 e. The first-order valence-corrected chi connectivity index (χ1v) is 9.77. The number of nitrogens with zero attached hydrogens (tertiary/aromatic N) is 3. The van der Waals surface area contributed by atoms with Crippen LogP contribution in [-0.2, 0) is 11.2 Å². The topological polar surface area (TPSA) is 99.4 Å². The molecule has 0 bridgehead atoms. The molecule has 8 nitrogen and oxygen atoms in total. The van der Waals surface area contributed by atoms with E-state index in [0.29, 0.717) is 44.6 Å². The lowest BCUT2D eigenvalue weighted by molar-refractivity contribution is -0.115. The van der Waals surface area contributed by atoms with Gasteiger partial charge in [-0.05, 0) is 29.8 Å². The second-order valence-corrected chi connectivity index (χ2v) is 7.09. The van der Waals surface area contributed by atoms with Gasteiger partial charge in [-0.15, -0.1) is 0 Å². The summed E-state index contributed by atoms with van der Waals surface area (Å²) < 4.78 is 16.6. The fraction of sp³-hybridized carbons (Fsp3) is 0.0909. The Morgan fingerprint density at radius 1 is 1.10 bits per heavy atom. The van der Waals surface area contributed by atoms with Gasteiger partial charge in [0.05, 0.1) is 23.2 Å². The lowest BCUT2D eigenvalue weighted by Crippen LogP contribution is -2.14. The zero-order chi connectivity index (χ0) is 21.2. The van der Waals surface area contributed by atoms with E-state index >= 15 is 0 Å². The molecule has 0 spiro atoms. The van der Waals surface area contributed by atoms with Crippen LogP contribution in [0.4, 0.5) is 5.88 Å². The van der Waals surface area contributed by atoms with Crippen LogP contribution < -0.4 is 14.8 Å². The SMILES string of the molecule is O=C(Cc1ccccc1Cl)Nc1onc(-c2cccc3c2OCO3)c1-c1ccncn1. The van der Waals surface area contributed by atoms with Crippen LogP contribution in [0.5, 0.6) is 11.5 Å². The minimum atomic E-state index is -0.302. The highest BCUT2D eigenvalue weighted by Gasteiger charge is 2.27. The number of rotatable bonds is 5. The van der Waals surface area contributed by atoms with E-state index in [0.717, 1.165) is 0 Å². The number of anilines is 1. The molecule has 31 heavy (non-hydrogen) atoms. The molecule has 2 aromatic carbocycles. The minimum absolute atomic E-state index is 0.0800. The summed E-state index contributed by atoms with van der Waals surface area (Å²) in [5, 5.41) is 7.51. The first kappa shape index (κ1) is 19.1. The van der Waals surface area contributed by atoms with Gasteiger partial charge in [-0.3, -0.25) is 10.1 Å². The predicted octanol–water partition coefficient (Wildman–Crippen LogP) is 4.36. The standard InChI is InChI=1S/C22H15ClN4O4/c23-15-6-2-1-4-13(15)10-18(28)26-22-19(16-8-9-24-11-25-16)20(27-31-22)14-5-3-7-17-21(14)30-12-29-17/h1-9,11H,10,12H2,(H,26,28). The van der Waals surface area contributed by atoms with Crippen LogP contribution >= 0.6 is 11.6 Å². The summed E-state index contributed by atoms with van der Waals surface area (Å²) in [5.41, 5.74) is 2.89. The Morgan fingerprint density at radius 3 is 2.84 bits per heavy atom. The number of carbonyl (C=O) groups excluding carboxylic acids is 1. The maximum absolute atomic E-state index is 12.7. The third kappa shape index (κ3) is 3.69. The molecule has 0 atom stereocenters. The molecule has 2 aromatic heterocycles. The summed E-state index contributed by atoms with van der Waals surface area (Å²) in [7, 11) is 0. The van der Waals surface area contributed by atoms with Crippen molar-refractivity contribution >= 4 is 23.4 Å². The van der Waals surface area contributed by atoms with Crippen LogP contribution in [0.15, 0.2) is 65.6 Å². The fourth-order valence-electron chi connectivity index (χ4n) is 3.34. The van der Waals surface area contributed by atoms with Crippen molar-refractivity contribution in [1.82, 2.24) is 15.1 Å². The Balaban J connectivity index is 1.54. The van der Waals surface area contributed by atoms with Gasteiger partial charge >= 0.3 is 0 Å². The molecule has 0 unspecified atom stereocenters. The lowest BCUT2D eigenvalue weighted by Gasteiger charge is -2.07. The Hall–Kier alpha value is -3.91. The highest BCUT2D eigenvalue weighted by atomic mass is 35.5. The number of benzene rings is 2. The molecule has 154 valence electrons. The number of fused-ring (bicyclic) bond motifs is 1. The highest BCUT2D eigenvalue weighted by Crippen LogP contribution is 2.45. The summed E-state index contributed by atoms with van der Waals surface area (Å²) in [6, 6.07) is 14.4. The second kappa shape index (κ2) is 8.08. The Morgan fingerprint density at radius 2 is 2.00 bits per heavy atom. The second-order valence-electron chi connectivity index (χ2n) is 6.69. The van der Waals surface area contributed by atoms with Crippen LogP contribution in [-0.4, -0.2) is 27.8 Å². The van der Waals surface area contributed by atoms with Gasteiger partial charge in [0, 0.05) is 11.2 Å². The van der Waals surface area contributed by atoms with Crippen LogP contribution in [0.2, 0.25) is 5.02 Å². The van der Waals surface area contributed by atoms with Gasteiger partial charge in [-0.1, -0.05) is 41.0 Å². The third-order valence-corrected chi connectivity index (χ3v) is 5.11. The molecule has 0 radical (unpaired) electrons. The van der Waals surface area contributed by atoms with Crippen LogP contribution in [0.1, 0.15) is 5.56 Å². The largest absolute Gasteiger partial charge is 0.454 e. The predicted molar refractivity (Wildman–Crippen MR) is 113 cm³/mol. The van der Waals surface area contributed by atoms with Crippen molar-refractivity contribution in [3.8, 4) is 34.0 Å². The number of hydrogen-bond donors (Lipinski definition) is 1. The normalized spacial score (nSPS) is 12.0. The van der Waals surface area contributed by atoms with Crippen LogP contribution in [0.25, 0.3) is 22.5 Å². The number of aromatic nitrogens is 3. The molecule has 1 amide bonds. The zero-order valence-electron chi connectivity index (χ0n) is 16.0.